The number of aromatic nitrogens is 1. The van der Waals surface area contributed by atoms with Gasteiger partial charge in [0.15, 0.2) is 0 Å². The molecule has 4 nitrogen and oxygen atoms in total. The van der Waals surface area contributed by atoms with Crippen molar-refractivity contribution in [3.05, 3.63) is 16.1 Å². The third-order valence-corrected chi connectivity index (χ3v) is 4.97. The van der Waals surface area contributed by atoms with Gasteiger partial charge in [-0.2, -0.15) is 0 Å². The van der Waals surface area contributed by atoms with E-state index in [1.54, 1.807) is 11.3 Å². The Labute approximate surface area is 118 Å². The molecule has 0 radical (unpaired) electrons. The van der Waals surface area contributed by atoms with Crippen molar-refractivity contribution in [1.29, 1.82) is 0 Å². The number of nitrogens with one attached hydrogen (secondary N) is 2. The second-order valence-corrected chi connectivity index (χ2v) is 6.74. The number of rotatable bonds is 5. The smallest absolute Gasteiger partial charge is 0.315 e. The first kappa shape index (κ1) is 12.9. The fourth-order valence-corrected chi connectivity index (χ4v) is 3.34. The van der Waals surface area contributed by atoms with Crippen LogP contribution in [0.2, 0.25) is 0 Å². The first-order chi connectivity index (χ1) is 9.13. The Morgan fingerprint density at radius 1 is 1.32 bits per heavy atom. The third kappa shape index (κ3) is 3.26. The van der Waals surface area contributed by atoms with Gasteiger partial charge < -0.3 is 10.6 Å². The highest BCUT2D eigenvalue weighted by molar-refractivity contribution is 7.09. The van der Waals surface area contributed by atoms with Gasteiger partial charge in [0.1, 0.15) is 0 Å². The van der Waals surface area contributed by atoms with Crippen molar-refractivity contribution < 1.29 is 4.79 Å². The van der Waals surface area contributed by atoms with Crippen molar-refractivity contribution in [3.8, 4) is 0 Å². The largest absolute Gasteiger partial charge is 0.335 e. The molecule has 2 atom stereocenters. The Bertz CT molecular complexity index is 465. The molecule has 2 fully saturated rings. The van der Waals surface area contributed by atoms with E-state index in [2.05, 4.69) is 27.9 Å². The number of carbonyl (C=O) groups is 1. The van der Waals surface area contributed by atoms with Crippen LogP contribution in [0.4, 0.5) is 4.79 Å². The van der Waals surface area contributed by atoms with Crippen LogP contribution in [0.15, 0.2) is 5.38 Å². The molecule has 0 aromatic carbocycles. The van der Waals surface area contributed by atoms with Crippen molar-refractivity contribution in [2.24, 2.45) is 5.92 Å². The van der Waals surface area contributed by atoms with Crippen LogP contribution in [0.3, 0.4) is 0 Å². The summed E-state index contributed by atoms with van der Waals surface area (Å²) in [7, 11) is 0. The van der Waals surface area contributed by atoms with Crippen molar-refractivity contribution >= 4 is 17.4 Å². The molecule has 5 heteroatoms. The van der Waals surface area contributed by atoms with Gasteiger partial charge in [0, 0.05) is 17.3 Å². The van der Waals surface area contributed by atoms with Gasteiger partial charge in [0.25, 0.3) is 0 Å². The Balaban J connectivity index is 1.51. The molecular formula is C14H21N3OS. The molecule has 0 saturated heterocycles. The Morgan fingerprint density at radius 2 is 2.05 bits per heavy atom. The highest BCUT2D eigenvalue weighted by Gasteiger charge is 2.30. The molecule has 1 aromatic heterocycles. The summed E-state index contributed by atoms with van der Waals surface area (Å²) in [5.74, 6) is 1.37. The molecule has 2 aliphatic carbocycles. The summed E-state index contributed by atoms with van der Waals surface area (Å²) in [6.45, 7) is 4.07. The minimum atomic E-state index is -0.0760. The van der Waals surface area contributed by atoms with Crippen LogP contribution in [0.25, 0.3) is 0 Å². The van der Waals surface area contributed by atoms with E-state index in [1.807, 2.05) is 6.92 Å². The van der Waals surface area contributed by atoms with Gasteiger partial charge in [-0.05, 0) is 45.4 Å². The maximum absolute atomic E-state index is 11.9. The fraction of sp³-hybridized carbons (Fsp3) is 0.714. The van der Waals surface area contributed by atoms with Crippen molar-refractivity contribution in [2.75, 3.05) is 0 Å². The molecule has 3 rings (SSSR count). The van der Waals surface area contributed by atoms with Crippen LogP contribution in [0.5, 0.6) is 0 Å². The first-order valence-electron chi connectivity index (χ1n) is 7.16. The summed E-state index contributed by atoms with van der Waals surface area (Å²) in [5.41, 5.74) is 0.987. The van der Waals surface area contributed by atoms with Crippen LogP contribution in [0, 0.1) is 5.92 Å². The van der Waals surface area contributed by atoms with Crippen LogP contribution >= 0.6 is 11.3 Å². The molecule has 2 saturated carbocycles. The summed E-state index contributed by atoms with van der Waals surface area (Å²) in [6.07, 6.45) is 5.03. The molecule has 19 heavy (non-hydrogen) atoms. The van der Waals surface area contributed by atoms with Crippen molar-refractivity contribution in [1.82, 2.24) is 15.6 Å². The number of hydrogen-bond donors (Lipinski definition) is 2. The summed E-state index contributed by atoms with van der Waals surface area (Å²) < 4.78 is 0. The zero-order chi connectivity index (χ0) is 13.4. The number of thiazole rings is 1. The van der Waals surface area contributed by atoms with Gasteiger partial charge in [-0.25, -0.2) is 9.78 Å². The quantitative estimate of drug-likeness (QED) is 0.869. The van der Waals surface area contributed by atoms with E-state index in [-0.39, 0.29) is 18.1 Å². The lowest BCUT2D eigenvalue weighted by Gasteiger charge is -2.16. The summed E-state index contributed by atoms with van der Waals surface area (Å²) in [4.78, 5) is 16.5. The molecule has 0 bridgehead atoms. The normalized spacial score (nSPS) is 21.8. The van der Waals surface area contributed by atoms with E-state index in [1.165, 1.54) is 30.7 Å². The second kappa shape index (κ2) is 5.12. The van der Waals surface area contributed by atoms with Gasteiger partial charge in [0.05, 0.1) is 16.7 Å². The molecule has 104 valence electrons. The Morgan fingerprint density at radius 3 is 2.68 bits per heavy atom. The van der Waals surface area contributed by atoms with Crippen LogP contribution in [0.1, 0.15) is 62.2 Å². The fourth-order valence-electron chi connectivity index (χ4n) is 2.25. The number of amides is 2. The van der Waals surface area contributed by atoms with Gasteiger partial charge in [-0.15, -0.1) is 11.3 Å². The van der Waals surface area contributed by atoms with E-state index >= 15 is 0 Å². The standard InChI is InChI=1S/C14H21N3OS/c1-8(10-3-4-10)15-14(18)16-9(2)12-7-19-13(17-12)11-5-6-11/h7-11H,3-6H2,1-2H3,(H2,15,16,18)/t8-,9-/m0/s1. The average molecular weight is 279 g/mol. The van der Waals surface area contributed by atoms with Crippen LogP contribution < -0.4 is 10.6 Å². The molecule has 2 aliphatic rings. The lowest BCUT2D eigenvalue weighted by atomic mass is 10.2. The van der Waals surface area contributed by atoms with E-state index in [9.17, 15) is 4.79 Å². The zero-order valence-corrected chi connectivity index (χ0v) is 12.3. The van der Waals surface area contributed by atoms with Gasteiger partial charge >= 0.3 is 6.03 Å². The molecule has 2 N–H and O–H groups in total. The van der Waals surface area contributed by atoms with Crippen molar-refractivity contribution in [3.63, 3.8) is 0 Å². The molecule has 0 spiro atoms. The third-order valence-electron chi connectivity index (χ3n) is 3.95. The molecular weight excluding hydrogens is 258 g/mol. The molecule has 1 heterocycles. The van der Waals surface area contributed by atoms with E-state index in [4.69, 9.17) is 0 Å². The molecule has 1 aromatic rings. The maximum Gasteiger partial charge on any atom is 0.315 e. The van der Waals surface area contributed by atoms with Gasteiger partial charge in [-0.1, -0.05) is 0 Å². The summed E-state index contributed by atoms with van der Waals surface area (Å²) in [6, 6.07) is 0.188. The molecule has 0 aliphatic heterocycles. The second-order valence-electron chi connectivity index (χ2n) is 5.85. The summed E-state index contributed by atoms with van der Waals surface area (Å²) >= 11 is 1.72. The maximum atomic E-state index is 11.9. The van der Waals surface area contributed by atoms with Gasteiger partial charge in [-0.3, -0.25) is 0 Å². The Hall–Kier alpha value is -1.10. The first-order valence-corrected chi connectivity index (χ1v) is 8.04. The number of nitrogens with zero attached hydrogens (tertiary/aromatic N) is 1. The highest BCUT2D eigenvalue weighted by Crippen LogP contribution is 2.41. The predicted octanol–water partition coefficient (Wildman–Crippen LogP) is 3.18. The zero-order valence-electron chi connectivity index (χ0n) is 11.5. The SMILES string of the molecule is C[C@H](NC(=O)N[C@@H](C)C1CC1)c1csc(C2CC2)n1. The minimum absolute atomic E-state index is 0.0184. The van der Waals surface area contributed by atoms with Gasteiger partial charge in [0.2, 0.25) is 0 Å². The van der Waals surface area contributed by atoms with Crippen molar-refractivity contribution in [2.45, 2.75) is 57.5 Å². The lowest BCUT2D eigenvalue weighted by molar-refractivity contribution is 0.233. The monoisotopic (exact) mass is 279 g/mol. The Kier molecular flexibility index (Phi) is 3.48. The van der Waals surface area contributed by atoms with Crippen LogP contribution in [-0.2, 0) is 0 Å². The van der Waals surface area contributed by atoms with E-state index < -0.39 is 0 Å². The number of urea groups is 1. The van der Waals surface area contributed by atoms with E-state index in [0.717, 1.165) is 5.69 Å². The lowest BCUT2D eigenvalue weighted by Crippen LogP contribution is -2.42. The molecule has 2 amide bonds. The van der Waals surface area contributed by atoms with E-state index in [0.29, 0.717) is 11.8 Å². The summed E-state index contributed by atoms with van der Waals surface area (Å²) in [5, 5.41) is 9.29. The number of hydrogen-bond acceptors (Lipinski definition) is 3. The molecule has 0 unspecified atom stereocenters. The van der Waals surface area contributed by atoms with Crippen LogP contribution in [-0.4, -0.2) is 17.1 Å². The number of carbonyl (C=O) groups excluding carboxylic acids is 1. The topological polar surface area (TPSA) is 54.0 Å². The predicted molar refractivity (Wildman–Crippen MR) is 76.4 cm³/mol. The highest BCUT2D eigenvalue weighted by atomic mass is 32.1. The minimum Gasteiger partial charge on any atom is -0.335 e. The average Bonchev–Trinajstić information content (AvgIpc) is 3.26.